The van der Waals surface area contributed by atoms with Gasteiger partial charge in [-0.2, -0.15) is 0 Å². The number of rotatable bonds is 9. The number of aryl methyl sites for hydroxylation is 3. The second-order valence-electron chi connectivity index (χ2n) is 12.6. The number of fused-ring (bicyclic) bond motifs is 1. The lowest BCUT2D eigenvalue weighted by Gasteiger charge is -2.24. The Kier molecular flexibility index (Phi) is 16.3. The topological polar surface area (TPSA) is 122 Å². The minimum Gasteiger partial charge on any atom is -0.493 e. The van der Waals surface area contributed by atoms with E-state index in [1.807, 2.05) is 48.5 Å². The van der Waals surface area contributed by atoms with Gasteiger partial charge in [0.1, 0.15) is 11.9 Å². The van der Waals surface area contributed by atoms with Crippen LogP contribution >= 0.6 is 0 Å². The predicted octanol–water partition coefficient (Wildman–Crippen LogP) is 5.15. The van der Waals surface area contributed by atoms with Crippen LogP contribution in [0.15, 0.2) is 72.8 Å². The Morgan fingerprint density at radius 1 is 1.02 bits per heavy atom. The number of ether oxygens (including phenoxy) is 1. The fourth-order valence-electron chi connectivity index (χ4n) is 5.65. The maximum atomic E-state index is 12.4. The fraction of sp³-hybridized carbons (Fsp3) is 0.410. The Bertz CT molecular complexity index is 1390. The number of primary amides is 1. The molecule has 3 amide bonds. The van der Waals surface area contributed by atoms with E-state index in [9.17, 15) is 19.5 Å². The zero-order chi connectivity index (χ0) is 34.8. The summed E-state index contributed by atoms with van der Waals surface area (Å²) in [6.45, 7) is 11.1. The van der Waals surface area contributed by atoms with Gasteiger partial charge < -0.3 is 25.8 Å². The van der Waals surface area contributed by atoms with E-state index < -0.39 is 17.9 Å². The summed E-state index contributed by atoms with van der Waals surface area (Å²) < 4.78 is 5.42. The van der Waals surface area contributed by atoms with Crippen LogP contribution in [0.2, 0.25) is 0 Å². The molecule has 1 saturated heterocycles. The number of hydrogen-bond acceptors (Lipinski definition) is 5. The zero-order valence-electron chi connectivity index (χ0n) is 28.3. The first-order chi connectivity index (χ1) is 22.5. The van der Waals surface area contributed by atoms with Crippen LogP contribution in [-0.2, 0) is 33.8 Å². The van der Waals surface area contributed by atoms with Crippen molar-refractivity contribution in [1.29, 1.82) is 0 Å². The van der Waals surface area contributed by atoms with Crippen molar-refractivity contribution in [2.45, 2.75) is 72.4 Å². The van der Waals surface area contributed by atoms with Crippen molar-refractivity contribution in [3.8, 4) is 18.6 Å². The maximum Gasteiger partial charge on any atom is 0.251 e. The van der Waals surface area contributed by atoms with E-state index >= 15 is 0 Å². The summed E-state index contributed by atoms with van der Waals surface area (Å²) >= 11 is 0. The normalized spacial score (nSPS) is 15.3. The van der Waals surface area contributed by atoms with Crippen LogP contribution < -0.4 is 15.8 Å². The largest absolute Gasteiger partial charge is 0.493 e. The number of benzene rings is 3. The Labute approximate surface area is 280 Å². The maximum absolute atomic E-state index is 12.4. The van der Waals surface area contributed by atoms with Gasteiger partial charge in [-0.3, -0.25) is 14.4 Å². The van der Waals surface area contributed by atoms with Crippen molar-refractivity contribution >= 4 is 18.2 Å². The molecular formula is C39H51N3O5. The molecule has 2 atom stereocenters. The van der Waals surface area contributed by atoms with Crippen molar-refractivity contribution in [3.05, 3.63) is 101 Å². The fourth-order valence-corrected chi connectivity index (χ4v) is 5.65. The number of aliphatic hydroxyl groups excluding tert-OH is 1. The molecule has 3 aromatic carbocycles. The average Bonchev–Trinajstić information content (AvgIpc) is 3.45. The summed E-state index contributed by atoms with van der Waals surface area (Å²) in [5.74, 6) is -0.252. The Balaban J connectivity index is 0.000000266. The number of carbonyl (C=O) groups is 3. The molecule has 2 aliphatic heterocycles. The molecule has 0 aromatic heterocycles. The first-order valence-electron chi connectivity index (χ1n) is 16.1. The number of terminal acetylenes is 1. The molecule has 0 aliphatic carbocycles. The summed E-state index contributed by atoms with van der Waals surface area (Å²) in [6, 6.07) is 23.9. The Morgan fingerprint density at radius 3 is 2.23 bits per heavy atom. The molecular weight excluding hydrogens is 590 g/mol. The first kappa shape index (κ1) is 38.6. The lowest BCUT2D eigenvalue weighted by molar-refractivity contribution is -0.141. The number of amides is 3. The van der Waals surface area contributed by atoms with Gasteiger partial charge in [0.15, 0.2) is 0 Å². The molecule has 2 aliphatic rings. The molecule has 2 unspecified atom stereocenters. The summed E-state index contributed by atoms with van der Waals surface area (Å²) in [5.41, 5.74) is 11.5. The van der Waals surface area contributed by atoms with Gasteiger partial charge in [0.05, 0.1) is 6.61 Å². The van der Waals surface area contributed by atoms with Gasteiger partial charge >= 0.3 is 0 Å². The zero-order valence-corrected chi connectivity index (χ0v) is 28.3. The molecule has 252 valence electrons. The molecule has 0 radical (unpaired) electrons. The van der Waals surface area contributed by atoms with Gasteiger partial charge in [-0.1, -0.05) is 80.6 Å². The SMILES string of the molecule is C#C.CC1(C)CCN(C(=O)C(O)CC(Cc2ccccc2)C(N)=O)C1.Cc1cccc(C)c1CNC=O.c1ccc2c(c1)CCCO2. The van der Waals surface area contributed by atoms with Crippen LogP contribution in [0.5, 0.6) is 5.75 Å². The minimum atomic E-state index is -1.18. The molecule has 47 heavy (non-hydrogen) atoms. The third-order valence-electron chi connectivity index (χ3n) is 8.34. The summed E-state index contributed by atoms with van der Waals surface area (Å²) in [4.78, 5) is 35.8. The number of carbonyl (C=O) groups excluding carboxylic acids is 3. The third kappa shape index (κ3) is 13.0. The average molecular weight is 642 g/mol. The summed E-state index contributed by atoms with van der Waals surface area (Å²) in [6.07, 6.45) is 11.3. The van der Waals surface area contributed by atoms with E-state index in [0.717, 1.165) is 37.2 Å². The van der Waals surface area contributed by atoms with E-state index in [0.29, 0.717) is 26.1 Å². The summed E-state index contributed by atoms with van der Waals surface area (Å²) in [5, 5.41) is 12.9. The lowest BCUT2D eigenvalue weighted by Crippen LogP contribution is -2.41. The molecule has 1 fully saturated rings. The predicted molar refractivity (Wildman–Crippen MR) is 187 cm³/mol. The standard InChI is InChI=1S/C18H26N2O3.C10H13NO.C9H10O.C2H2/c1-18(2)8-9-20(12-18)17(23)15(21)11-14(16(19)22)10-13-6-4-3-5-7-13;1-8-4-3-5-9(2)10(8)6-11-7-12;1-2-6-9-8(4-1)5-3-7-10-9;1-2/h3-7,14-15,21H,8-12H2,1-2H3,(H2,19,22);3-5,7H,6H2,1-2H3,(H,11,12);1-2,4,6H,3,5,7H2;1-2H. The highest BCUT2D eigenvalue weighted by atomic mass is 16.5. The van der Waals surface area contributed by atoms with Crippen molar-refractivity contribution in [3.63, 3.8) is 0 Å². The van der Waals surface area contributed by atoms with Crippen LogP contribution in [0.25, 0.3) is 0 Å². The van der Waals surface area contributed by atoms with Gasteiger partial charge in [0.2, 0.25) is 12.3 Å². The molecule has 2 heterocycles. The molecule has 4 N–H and O–H groups in total. The summed E-state index contributed by atoms with van der Waals surface area (Å²) in [7, 11) is 0. The highest BCUT2D eigenvalue weighted by Gasteiger charge is 2.35. The number of nitrogens with one attached hydrogen (secondary N) is 1. The van der Waals surface area contributed by atoms with Crippen molar-refractivity contribution < 1.29 is 24.2 Å². The van der Waals surface area contributed by atoms with E-state index in [-0.39, 0.29) is 17.7 Å². The van der Waals surface area contributed by atoms with Crippen LogP contribution in [0.4, 0.5) is 0 Å². The monoisotopic (exact) mass is 641 g/mol. The molecule has 8 heteroatoms. The lowest BCUT2D eigenvalue weighted by atomic mass is 9.92. The number of aliphatic hydroxyl groups is 1. The molecule has 5 rings (SSSR count). The van der Waals surface area contributed by atoms with Crippen LogP contribution in [0.3, 0.4) is 0 Å². The van der Waals surface area contributed by atoms with Gasteiger partial charge in [0.25, 0.3) is 5.91 Å². The number of para-hydroxylation sites is 1. The van der Waals surface area contributed by atoms with Gasteiger partial charge in [-0.15, -0.1) is 12.8 Å². The molecule has 0 bridgehead atoms. The van der Waals surface area contributed by atoms with Crippen molar-refractivity contribution in [2.24, 2.45) is 17.1 Å². The molecule has 0 spiro atoms. The number of hydrogen-bond donors (Lipinski definition) is 3. The molecule has 0 saturated carbocycles. The number of nitrogens with zero attached hydrogens (tertiary/aromatic N) is 1. The van der Waals surface area contributed by atoms with Crippen LogP contribution in [0, 0.1) is 38.0 Å². The van der Waals surface area contributed by atoms with Crippen LogP contribution in [-0.4, -0.2) is 54.0 Å². The Hall–Kier alpha value is -4.61. The van der Waals surface area contributed by atoms with Gasteiger partial charge in [-0.05, 0) is 85.3 Å². The molecule has 3 aromatic rings. The van der Waals surface area contributed by atoms with E-state index in [2.05, 4.69) is 70.1 Å². The highest BCUT2D eigenvalue weighted by molar-refractivity contribution is 5.83. The van der Waals surface area contributed by atoms with Crippen LogP contribution in [0.1, 0.15) is 60.9 Å². The van der Waals surface area contributed by atoms with Gasteiger partial charge in [0, 0.05) is 25.6 Å². The second kappa shape index (κ2) is 19.8. The first-order valence-corrected chi connectivity index (χ1v) is 16.1. The minimum absolute atomic E-state index is 0.0694. The number of nitrogens with two attached hydrogens (primary N) is 1. The smallest absolute Gasteiger partial charge is 0.251 e. The van der Waals surface area contributed by atoms with Crippen molar-refractivity contribution in [2.75, 3.05) is 19.7 Å². The van der Waals surface area contributed by atoms with E-state index in [1.165, 1.54) is 28.7 Å². The highest BCUT2D eigenvalue weighted by Crippen LogP contribution is 2.29. The van der Waals surface area contributed by atoms with Gasteiger partial charge in [-0.25, -0.2) is 0 Å². The Morgan fingerprint density at radius 2 is 1.66 bits per heavy atom. The third-order valence-corrected chi connectivity index (χ3v) is 8.34. The van der Waals surface area contributed by atoms with E-state index in [1.54, 1.807) is 4.90 Å². The molecule has 8 nitrogen and oxygen atoms in total. The van der Waals surface area contributed by atoms with E-state index in [4.69, 9.17) is 10.5 Å². The van der Waals surface area contributed by atoms with Crippen molar-refractivity contribution in [1.82, 2.24) is 10.2 Å². The second-order valence-corrected chi connectivity index (χ2v) is 12.6. The quantitative estimate of drug-likeness (QED) is 0.220. The number of likely N-dealkylation sites (tertiary alicyclic amines) is 1.